The molecule has 0 radical (unpaired) electrons. The molecule has 0 saturated carbocycles. The molecule has 104 valence electrons. The van der Waals surface area contributed by atoms with Gasteiger partial charge in [-0.05, 0) is 44.9 Å². The zero-order valence-corrected chi connectivity index (χ0v) is 12.9. The van der Waals surface area contributed by atoms with E-state index in [1.54, 1.807) is 26.1 Å². The first kappa shape index (κ1) is 15.7. The van der Waals surface area contributed by atoms with Crippen molar-refractivity contribution in [2.75, 3.05) is 7.05 Å². The van der Waals surface area contributed by atoms with Gasteiger partial charge in [0.1, 0.15) is 0 Å². The van der Waals surface area contributed by atoms with E-state index in [2.05, 4.69) is 0 Å². The molecular formula is C14H20N2O2S. The minimum absolute atomic E-state index is 0.204. The zero-order valence-electron chi connectivity index (χ0n) is 12.1. The third-order valence-corrected chi connectivity index (χ3v) is 5.88. The van der Waals surface area contributed by atoms with Gasteiger partial charge in [0.05, 0.1) is 16.5 Å². The van der Waals surface area contributed by atoms with E-state index in [-0.39, 0.29) is 4.90 Å². The number of hydrogen-bond acceptors (Lipinski definition) is 3. The zero-order chi connectivity index (χ0) is 14.8. The molecule has 1 aromatic rings. The largest absolute Gasteiger partial charge is 0.243 e. The summed E-state index contributed by atoms with van der Waals surface area (Å²) in [6, 6.07) is 6.70. The summed E-state index contributed by atoms with van der Waals surface area (Å²) >= 11 is 0. The van der Waals surface area contributed by atoms with Crippen molar-refractivity contribution in [1.29, 1.82) is 5.26 Å². The van der Waals surface area contributed by atoms with Crippen LogP contribution < -0.4 is 0 Å². The lowest BCUT2D eigenvalue weighted by Crippen LogP contribution is -2.44. The third-order valence-electron chi connectivity index (χ3n) is 3.67. The molecule has 0 saturated heterocycles. The minimum atomic E-state index is -3.59. The van der Waals surface area contributed by atoms with Crippen LogP contribution in [-0.4, -0.2) is 25.3 Å². The predicted molar refractivity (Wildman–Crippen MR) is 75.2 cm³/mol. The summed E-state index contributed by atoms with van der Waals surface area (Å²) in [6.07, 6.45) is 0.708. The van der Waals surface area contributed by atoms with Crippen LogP contribution in [0.4, 0.5) is 0 Å². The predicted octanol–water partition coefficient (Wildman–Crippen LogP) is 2.68. The highest BCUT2D eigenvalue weighted by Gasteiger charge is 2.33. The maximum absolute atomic E-state index is 12.6. The minimum Gasteiger partial charge on any atom is -0.207 e. The molecular weight excluding hydrogens is 260 g/mol. The normalized spacial score (nSPS) is 12.5. The standard InChI is InChI=1S/C14H20N2O2S/c1-6-14(3,4)16(5)19(17,18)13-9-12(10-15)8-7-11(13)2/h7-9H,6H2,1-5H3. The average molecular weight is 280 g/mol. The molecule has 0 amide bonds. The van der Waals surface area contributed by atoms with Crippen LogP contribution >= 0.6 is 0 Å². The van der Waals surface area contributed by atoms with Crippen molar-refractivity contribution in [3.8, 4) is 6.07 Å². The van der Waals surface area contributed by atoms with Crippen molar-refractivity contribution in [3.63, 3.8) is 0 Å². The van der Waals surface area contributed by atoms with Crippen molar-refractivity contribution in [1.82, 2.24) is 4.31 Å². The number of aryl methyl sites for hydroxylation is 1. The second kappa shape index (κ2) is 5.32. The highest BCUT2D eigenvalue weighted by Crippen LogP contribution is 2.27. The highest BCUT2D eigenvalue weighted by atomic mass is 32.2. The van der Waals surface area contributed by atoms with Crippen LogP contribution in [0.3, 0.4) is 0 Å². The molecule has 0 aromatic heterocycles. The molecule has 1 rings (SSSR count). The van der Waals surface area contributed by atoms with Crippen LogP contribution in [0.15, 0.2) is 23.1 Å². The maximum atomic E-state index is 12.6. The molecule has 1 aromatic carbocycles. The molecule has 0 N–H and O–H groups in total. The molecule has 5 heteroatoms. The van der Waals surface area contributed by atoms with Crippen molar-refractivity contribution < 1.29 is 8.42 Å². The van der Waals surface area contributed by atoms with Gasteiger partial charge in [0, 0.05) is 12.6 Å². The van der Waals surface area contributed by atoms with E-state index in [0.717, 1.165) is 0 Å². The molecule has 0 fully saturated rings. The molecule has 0 aliphatic rings. The van der Waals surface area contributed by atoms with Crippen LogP contribution in [0, 0.1) is 18.3 Å². The lowest BCUT2D eigenvalue weighted by Gasteiger charge is -2.34. The second-order valence-electron chi connectivity index (χ2n) is 5.23. The Morgan fingerprint density at radius 3 is 2.42 bits per heavy atom. The van der Waals surface area contributed by atoms with Gasteiger partial charge in [-0.25, -0.2) is 8.42 Å². The molecule has 0 bridgehead atoms. The van der Waals surface area contributed by atoms with Crippen LogP contribution in [0.5, 0.6) is 0 Å². The lowest BCUT2D eigenvalue weighted by molar-refractivity contribution is 0.257. The van der Waals surface area contributed by atoms with Gasteiger partial charge >= 0.3 is 0 Å². The Morgan fingerprint density at radius 1 is 1.37 bits per heavy atom. The van der Waals surface area contributed by atoms with E-state index >= 15 is 0 Å². The molecule has 0 aliphatic heterocycles. The van der Waals surface area contributed by atoms with Gasteiger partial charge in [-0.15, -0.1) is 0 Å². The lowest BCUT2D eigenvalue weighted by atomic mass is 10.0. The number of benzene rings is 1. The smallest absolute Gasteiger partial charge is 0.207 e. The van der Waals surface area contributed by atoms with Gasteiger partial charge in [0.2, 0.25) is 10.0 Å². The molecule has 0 spiro atoms. The average Bonchev–Trinajstić information content (AvgIpc) is 2.38. The van der Waals surface area contributed by atoms with Crippen LogP contribution in [0.2, 0.25) is 0 Å². The molecule has 0 heterocycles. The summed E-state index contributed by atoms with van der Waals surface area (Å²) in [5, 5.41) is 8.90. The van der Waals surface area contributed by atoms with E-state index < -0.39 is 15.6 Å². The number of nitriles is 1. The number of hydrogen-bond donors (Lipinski definition) is 0. The Morgan fingerprint density at radius 2 is 1.95 bits per heavy atom. The van der Waals surface area contributed by atoms with Crippen LogP contribution in [-0.2, 0) is 10.0 Å². The van der Waals surface area contributed by atoms with Crippen LogP contribution in [0.25, 0.3) is 0 Å². The number of nitrogens with zero attached hydrogens (tertiary/aromatic N) is 2. The summed E-state index contributed by atoms with van der Waals surface area (Å²) in [7, 11) is -2.01. The van der Waals surface area contributed by atoms with E-state index in [9.17, 15) is 8.42 Å². The Kier molecular flexibility index (Phi) is 4.39. The summed E-state index contributed by atoms with van der Waals surface area (Å²) in [5.41, 5.74) is 0.540. The van der Waals surface area contributed by atoms with Gasteiger partial charge in [-0.1, -0.05) is 13.0 Å². The van der Waals surface area contributed by atoms with Crippen molar-refractivity contribution in [2.45, 2.75) is 44.6 Å². The summed E-state index contributed by atoms with van der Waals surface area (Å²) < 4.78 is 26.7. The fraction of sp³-hybridized carbons (Fsp3) is 0.500. The SMILES string of the molecule is CCC(C)(C)N(C)S(=O)(=O)c1cc(C#N)ccc1C. The van der Waals surface area contributed by atoms with Crippen LogP contribution in [0.1, 0.15) is 38.3 Å². The topological polar surface area (TPSA) is 61.2 Å². The molecule has 19 heavy (non-hydrogen) atoms. The summed E-state index contributed by atoms with van der Waals surface area (Å²) in [5.74, 6) is 0. The molecule has 0 unspecified atom stereocenters. The fourth-order valence-electron chi connectivity index (χ4n) is 1.64. The molecule has 0 atom stereocenters. The Balaban J connectivity index is 3.40. The first-order chi connectivity index (χ1) is 8.66. The van der Waals surface area contributed by atoms with Crippen molar-refractivity contribution in [3.05, 3.63) is 29.3 Å². The summed E-state index contributed by atoms with van der Waals surface area (Å²) in [4.78, 5) is 0.204. The Bertz CT molecular complexity index is 613. The van der Waals surface area contributed by atoms with Gasteiger partial charge in [-0.2, -0.15) is 9.57 Å². The first-order valence-corrected chi connectivity index (χ1v) is 7.60. The quantitative estimate of drug-likeness (QED) is 0.852. The van der Waals surface area contributed by atoms with Gasteiger partial charge in [0.15, 0.2) is 0 Å². The maximum Gasteiger partial charge on any atom is 0.243 e. The highest BCUT2D eigenvalue weighted by molar-refractivity contribution is 7.89. The number of sulfonamides is 1. The first-order valence-electron chi connectivity index (χ1n) is 6.16. The number of rotatable bonds is 4. The monoisotopic (exact) mass is 280 g/mol. The molecule has 0 aliphatic carbocycles. The van der Waals surface area contributed by atoms with Gasteiger partial charge in [0.25, 0.3) is 0 Å². The van der Waals surface area contributed by atoms with Crippen molar-refractivity contribution >= 4 is 10.0 Å². The van der Waals surface area contributed by atoms with E-state index in [0.29, 0.717) is 17.5 Å². The Labute approximate surface area is 115 Å². The third kappa shape index (κ3) is 2.96. The fourth-order valence-corrected chi connectivity index (χ4v) is 3.47. The van der Waals surface area contributed by atoms with E-state index in [4.69, 9.17) is 5.26 Å². The van der Waals surface area contributed by atoms with Crippen molar-refractivity contribution in [2.24, 2.45) is 0 Å². The summed E-state index contributed by atoms with van der Waals surface area (Å²) in [6.45, 7) is 7.45. The Hall–Kier alpha value is -1.38. The second-order valence-corrected chi connectivity index (χ2v) is 7.17. The van der Waals surface area contributed by atoms with Gasteiger partial charge < -0.3 is 0 Å². The van der Waals surface area contributed by atoms with Gasteiger partial charge in [-0.3, -0.25) is 0 Å². The van der Waals surface area contributed by atoms with E-state index in [1.165, 1.54) is 10.4 Å². The molecule has 4 nitrogen and oxygen atoms in total. The van der Waals surface area contributed by atoms with E-state index in [1.807, 2.05) is 26.8 Å².